The van der Waals surface area contributed by atoms with Crippen LogP contribution in [0.3, 0.4) is 0 Å². The van der Waals surface area contributed by atoms with Crippen LogP contribution < -0.4 is 5.32 Å². The molecule has 1 aliphatic heterocycles. The highest BCUT2D eigenvalue weighted by Gasteiger charge is 2.21. The molecule has 1 N–H and O–H groups in total. The Morgan fingerprint density at radius 1 is 1.23 bits per heavy atom. The summed E-state index contributed by atoms with van der Waals surface area (Å²) in [7, 11) is 0. The summed E-state index contributed by atoms with van der Waals surface area (Å²) in [4.78, 5) is 24.8. The highest BCUT2D eigenvalue weighted by Crippen LogP contribution is 2.29. The van der Waals surface area contributed by atoms with E-state index in [1.165, 1.54) is 10.4 Å². The number of aryl methyl sites for hydroxylation is 1. The summed E-state index contributed by atoms with van der Waals surface area (Å²) in [6.45, 7) is 4.71. The van der Waals surface area contributed by atoms with E-state index in [9.17, 15) is 4.79 Å². The van der Waals surface area contributed by atoms with Crippen molar-refractivity contribution in [2.24, 2.45) is 0 Å². The monoisotopic (exact) mass is 364 g/mol. The number of fused-ring (bicyclic) bond motifs is 1. The molecule has 0 saturated carbocycles. The molecule has 132 valence electrons. The van der Waals surface area contributed by atoms with E-state index < -0.39 is 0 Å². The summed E-state index contributed by atoms with van der Waals surface area (Å²) in [5, 5.41) is 3.58. The second-order valence-corrected chi connectivity index (χ2v) is 7.56. The first-order chi connectivity index (χ1) is 12.7. The summed E-state index contributed by atoms with van der Waals surface area (Å²) in [6, 6.07) is 14.1. The SMILES string of the molecule is Cc1ccc(C(=O)Nc2nc3c(s2)CN(Cc2ccccc2)CC3)cn1. The molecule has 0 spiro atoms. The van der Waals surface area contributed by atoms with Crippen LogP contribution in [0.15, 0.2) is 48.7 Å². The molecule has 0 saturated heterocycles. The van der Waals surface area contributed by atoms with Crippen molar-refractivity contribution in [3.63, 3.8) is 0 Å². The lowest BCUT2D eigenvalue weighted by Crippen LogP contribution is -2.29. The number of nitrogens with zero attached hydrogens (tertiary/aromatic N) is 3. The van der Waals surface area contributed by atoms with Gasteiger partial charge in [-0.25, -0.2) is 4.98 Å². The van der Waals surface area contributed by atoms with Crippen molar-refractivity contribution in [3.8, 4) is 0 Å². The van der Waals surface area contributed by atoms with Crippen LogP contribution in [0, 0.1) is 6.92 Å². The van der Waals surface area contributed by atoms with Crippen LogP contribution in [-0.2, 0) is 19.5 Å². The van der Waals surface area contributed by atoms with Crippen LogP contribution in [0.1, 0.15) is 32.2 Å². The smallest absolute Gasteiger partial charge is 0.259 e. The Kier molecular flexibility index (Phi) is 4.77. The topological polar surface area (TPSA) is 58.1 Å². The van der Waals surface area contributed by atoms with Gasteiger partial charge in [-0.15, -0.1) is 11.3 Å². The summed E-state index contributed by atoms with van der Waals surface area (Å²) in [5.41, 5.74) is 3.87. The third-order valence-electron chi connectivity index (χ3n) is 4.45. The van der Waals surface area contributed by atoms with E-state index in [-0.39, 0.29) is 5.91 Å². The van der Waals surface area contributed by atoms with E-state index in [4.69, 9.17) is 0 Å². The molecule has 0 unspecified atom stereocenters. The molecule has 0 radical (unpaired) electrons. The fourth-order valence-electron chi connectivity index (χ4n) is 3.05. The predicted molar refractivity (Wildman–Crippen MR) is 103 cm³/mol. The first-order valence-electron chi connectivity index (χ1n) is 8.66. The van der Waals surface area contributed by atoms with Crippen LogP contribution in [0.4, 0.5) is 5.13 Å². The van der Waals surface area contributed by atoms with Crippen LogP contribution in [0.2, 0.25) is 0 Å². The third-order valence-corrected chi connectivity index (χ3v) is 5.45. The molecule has 0 atom stereocenters. The largest absolute Gasteiger partial charge is 0.298 e. The number of nitrogens with one attached hydrogen (secondary N) is 1. The highest BCUT2D eigenvalue weighted by atomic mass is 32.1. The minimum absolute atomic E-state index is 0.162. The lowest BCUT2D eigenvalue weighted by Gasteiger charge is -2.25. The van der Waals surface area contributed by atoms with Gasteiger partial charge in [0.1, 0.15) is 0 Å². The number of hydrogen-bond donors (Lipinski definition) is 1. The summed E-state index contributed by atoms with van der Waals surface area (Å²) < 4.78 is 0. The van der Waals surface area contributed by atoms with E-state index in [2.05, 4.69) is 44.5 Å². The molecule has 1 aromatic carbocycles. The molecule has 26 heavy (non-hydrogen) atoms. The number of aromatic nitrogens is 2. The molecular weight excluding hydrogens is 344 g/mol. The van der Waals surface area contributed by atoms with Crippen LogP contribution in [0.5, 0.6) is 0 Å². The number of hydrogen-bond acceptors (Lipinski definition) is 5. The number of carbonyl (C=O) groups excluding carboxylic acids is 1. The normalized spacial score (nSPS) is 14.0. The summed E-state index contributed by atoms with van der Waals surface area (Å²) in [6.07, 6.45) is 2.51. The Balaban J connectivity index is 1.42. The first-order valence-corrected chi connectivity index (χ1v) is 9.48. The van der Waals surface area contributed by atoms with Gasteiger partial charge in [0, 0.05) is 42.8 Å². The van der Waals surface area contributed by atoms with Crippen molar-refractivity contribution < 1.29 is 4.79 Å². The molecule has 3 aromatic rings. The van der Waals surface area contributed by atoms with Gasteiger partial charge in [-0.3, -0.25) is 20.0 Å². The summed E-state index contributed by atoms with van der Waals surface area (Å²) >= 11 is 1.57. The number of rotatable bonds is 4. The Labute approximate surface area is 156 Å². The quantitative estimate of drug-likeness (QED) is 0.768. The van der Waals surface area contributed by atoms with E-state index in [0.717, 1.165) is 37.4 Å². The maximum absolute atomic E-state index is 12.3. The zero-order valence-electron chi connectivity index (χ0n) is 14.6. The lowest BCUT2D eigenvalue weighted by molar-refractivity contribution is 0.102. The minimum Gasteiger partial charge on any atom is -0.298 e. The second kappa shape index (κ2) is 7.35. The number of carbonyl (C=O) groups is 1. The van der Waals surface area contributed by atoms with Crippen molar-refractivity contribution in [3.05, 3.63) is 76.1 Å². The predicted octanol–water partition coefficient (Wildman–Crippen LogP) is 3.66. The van der Waals surface area contributed by atoms with Gasteiger partial charge in [0.15, 0.2) is 5.13 Å². The van der Waals surface area contributed by atoms with Crippen molar-refractivity contribution in [2.45, 2.75) is 26.4 Å². The van der Waals surface area contributed by atoms with Crippen molar-refractivity contribution in [1.82, 2.24) is 14.9 Å². The molecule has 0 fully saturated rings. The van der Waals surface area contributed by atoms with Crippen LogP contribution in [0.25, 0.3) is 0 Å². The molecule has 4 rings (SSSR count). The van der Waals surface area contributed by atoms with Crippen molar-refractivity contribution in [1.29, 1.82) is 0 Å². The van der Waals surface area contributed by atoms with E-state index >= 15 is 0 Å². The Hall–Kier alpha value is -2.57. The molecule has 0 bridgehead atoms. The fourth-order valence-corrected chi connectivity index (χ4v) is 4.10. The maximum Gasteiger partial charge on any atom is 0.259 e. The van der Waals surface area contributed by atoms with Crippen LogP contribution in [-0.4, -0.2) is 27.3 Å². The molecular formula is C20H20N4OS. The molecule has 2 aromatic heterocycles. The van der Waals surface area contributed by atoms with Crippen molar-refractivity contribution in [2.75, 3.05) is 11.9 Å². The molecule has 6 heteroatoms. The Morgan fingerprint density at radius 2 is 2.08 bits per heavy atom. The second-order valence-electron chi connectivity index (χ2n) is 6.48. The van der Waals surface area contributed by atoms with Gasteiger partial charge in [0.05, 0.1) is 11.3 Å². The maximum atomic E-state index is 12.3. The van der Waals surface area contributed by atoms with Crippen LogP contribution >= 0.6 is 11.3 Å². The number of benzene rings is 1. The van der Waals surface area contributed by atoms with Gasteiger partial charge in [-0.05, 0) is 24.6 Å². The molecule has 5 nitrogen and oxygen atoms in total. The van der Waals surface area contributed by atoms with E-state index in [1.54, 1.807) is 23.6 Å². The lowest BCUT2D eigenvalue weighted by atomic mass is 10.1. The van der Waals surface area contributed by atoms with Gasteiger partial charge in [-0.2, -0.15) is 0 Å². The minimum atomic E-state index is -0.162. The van der Waals surface area contributed by atoms with Crippen molar-refractivity contribution >= 4 is 22.4 Å². The third kappa shape index (κ3) is 3.81. The van der Waals surface area contributed by atoms with Gasteiger partial charge >= 0.3 is 0 Å². The molecule has 1 amide bonds. The van der Waals surface area contributed by atoms with Gasteiger partial charge < -0.3 is 0 Å². The molecule has 1 aliphatic rings. The number of thiazole rings is 1. The average molecular weight is 364 g/mol. The first kappa shape index (κ1) is 16.9. The zero-order chi connectivity index (χ0) is 17.9. The standard InChI is InChI=1S/C20H20N4OS/c1-14-7-8-16(11-21-14)19(25)23-20-22-17-9-10-24(13-18(17)26-20)12-15-5-3-2-4-6-15/h2-8,11H,9-10,12-13H2,1H3,(H,22,23,25). The Morgan fingerprint density at radius 3 is 2.85 bits per heavy atom. The summed E-state index contributed by atoms with van der Waals surface area (Å²) in [5.74, 6) is -0.162. The van der Waals surface area contributed by atoms with E-state index in [0.29, 0.717) is 10.7 Å². The fraction of sp³-hybridized carbons (Fsp3) is 0.250. The number of pyridine rings is 1. The van der Waals surface area contributed by atoms with Gasteiger partial charge in [0.25, 0.3) is 5.91 Å². The zero-order valence-corrected chi connectivity index (χ0v) is 15.4. The molecule has 0 aliphatic carbocycles. The van der Waals surface area contributed by atoms with Gasteiger partial charge in [-0.1, -0.05) is 30.3 Å². The molecule has 3 heterocycles. The van der Waals surface area contributed by atoms with E-state index in [1.807, 2.05) is 19.1 Å². The average Bonchev–Trinajstić information content (AvgIpc) is 3.04. The highest BCUT2D eigenvalue weighted by molar-refractivity contribution is 7.15. The van der Waals surface area contributed by atoms with Gasteiger partial charge in [0.2, 0.25) is 0 Å². The number of anilines is 1. The number of amides is 1. The Bertz CT molecular complexity index is 905.